The van der Waals surface area contributed by atoms with Crippen molar-refractivity contribution in [3.8, 4) is 5.75 Å². The molecule has 2 heterocycles. The minimum Gasteiger partial charge on any atom is -0.487 e. The zero-order valence-corrected chi connectivity index (χ0v) is 9.57. The van der Waals surface area contributed by atoms with Gasteiger partial charge in [-0.15, -0.1) is 0 Å². The SMILES string of the molecule is C=CCOc1ccnc2cc(Br)cnc12. The van der Waals surface area contributed by atoms with E-state index < -0.39 is 0 Å². The van der Waals surface area contributed by atoms with Gasteiger partial charge in [0.05, 0.1) is 5.52 Å². The molecule has 15 heavy (non-hydrogen) atoms. The quantitative estimate of drug-likeness (QED) is 0.800. The van der Waals surface area contributed by atoms with Gasteiger partial charge in [-0.05, 0) is 22.0 Å². The number of hydrogen-bond acceptors (Lipinski definition) is 3. The van der Waals surface area contributed by atoms with Crippen molar-refractivity contribution in [2.75, 3.05) is 6.61 Å². The Hall–Kier alpha value is -1.42. The van der Waals surface area contributed by atoms with Crippen LogP contribution in [0.3, 0.4) is 0 Å². The van der Waals surface area contributed by atoms with Crippen molar-refractivity contribution >= 4 is 27.0 Å². The highest BCUT2D eigenvalue weighted by molar-refractivity contribution is 9.10. The molecule has 0 fully saturated rings. The first-order valence-electron chi connectivity index (χ1n) is 4.45. The van der Waals surface area contributed by atoms with Crippen molar-refractivity contribution in [2.24, 2.45) is 0 Å². The number of pyridine rings is 2. The summed E-state index contributed by atoms with van der Waals surface area (Å²) in [6.07, 6.45) is 5.13. The van der Waals surface area contributed by atoms with Crippen molar-refractivity contribution in [1.82, 2.24) is 9.97 Å². The Balaban J connectivity index is 2.50. The number of ether oxygens (including phenoxy) is 1. The van der Waals surface area contributed by atoms with Gasteiger partial charge in [-0.1, -0.05) is 12.7 Å². The van der Waals surface area contributed by atoms with Gasteiger partial charge in [0.25, 0.3) is 0 Å². The molecule has 2 aromatic rings. The van der Waals surface area contributed by atoms with Gasteiger partial charge in [-0.3, -0.25) is 4.98 Å². The standard InChI is InChI=1S/C11H9BrN2O/c1-2-5-15-10-3-4-13-9-6-8(12)7-14-11(9)10/h2-4,6-7H,1,5H2. The van der Waals surface area contributed by atoms with Gasteiger partial charge in [0.15, 0.2) is 0 Å². The molecule has 0 amide bonds. The van der Waals surface area contributed by atoms with E-state index in [0.717, 1.165) is 21.3 Å². The van der Waals surface area contributed by atoms with Gasteiger partial charge >= 0.3 is 0 Å². The Bertz CT molecular complexity index is 499. The van der Waals surface area contributed by atoms with E-state index in [4.69, 9.17) is 4.74 Å². The van der Waals surface area contributed by atoms with Crippen LogP contribution >= 0.6 is 15.9 Å². The van der Waals surface area contributed by atoms with Crippen LogP contribution in [-0.4, -0.2) is 16.6 Å². The largest absolute Gasteiger partial charge is 0.487 e. The zero-order chi connectivity index (χ0) is 10.7. The summed E-state index contributed by atoms with van der Waals surface area (Å²) < 4.78 is 6.38. The van der Waals surface area contributed by atoms with E-state index >= 15 is 0 Å². The van der Waals surface area contributed by atoms with E-state index in [9.17, 15) is 0 Å². The van der Waals surface area contributed by atoms with Gasteiger partial charge < -0.3 is 4.74 Å². The Morgan fingerprint density at radius 2 is 2.33 bits per heavy atom. The van der Waals surface area contributed by atoms with E-state index in [0.29, 0.717) is 6.61 Å². The minimum atomic E-state index is 0.469. The maximum absolute atomic E-state index is 5.47. The summed E-state index contributed by atoms with van der Waals surface area (Å²) in [6.45, 7) is 4.07. The van der Waals surface area contributed by atoms with Crippen LogP contribution < -0.4 is 4.74 Å². The average molecular weight is 265 g/mol. The van der Waals surface area contributed by atoms with E-state index in [-0.39, 0.29) is 0 Å². The number of aromatic nitrogens is 2. The third-order valence-electron chi connectivity index (χ3n) is 1.86. The molecule has 0 spiro atoms. The predicted octanol–water partition coefficient (Wildman–Crippen LogP) is 2.96. The minimum absolute atomic E-state index is 0.469. The molecule has 0 saturated heterocycles. The lowest BCUT2D eigenvalue weighted by Gasteiger charge is -2.05. The number of rotatable bonds is 3. The monoisotopic (exact) mass is 264 g/mol. The first-order valence-corrected chi connectivity index (χ1v) is 5.24. The summed E-state index contributed by atoms with van der Waals surface area (Å²) in [5.41, 5.74) is 1.58. The van der Waals surface area contributed by atoms with Gasteiger partial charge in [-0.25, -0.2) is 4.98 Å². The number of hydrogen-bond donors (Lipinski definition) is 0. The second-order valence-electron chi connectivity index (χ2n) is 2.93. The fourth-order valence-electron chi connectivity index (χ4n) is 1.25. The summed E-state index contributed by atoms with van der Waals surface area (Å²) in [6, 6.07) is 3.70. The summed E-state index contributed by atoms with van der Waals surface area (Å²) in [5.74, 6) is 0.729. The molecule has 0 aliphatic rings. The number of fused-ring (bicyclic) bond motifs is 1. The van der Waals surface area contributed by atoms with Crippen molar-refractivity contribution in [1.29, 1.82) is 0 Å². The molecule has 0 aromatic carbocycles. The van der Waals surface area contributed by atoms with E-state index in [2.05, 4.69) is 32.5 Å². The smallest absolute Gasteiger partial charge is 0.149 e. The van der Waals surface area contributed by atoms with Crippen LogP contribution in [0.1, 0.15) is 0 Å². The fourth-order valence-corrected chi connectivity index (χ4v) is 1.57. The molecular formula is C11H9BrN2O. The van der Waals surface area contributed by atoms with Crippen LogP contribution in [0.4, 0.5) is 0 Å². The molecule has 0 bridgehead atoms. The molecule has 0 aliphatic carbocycles. The lowest BCUT2D eigenvalue weighted by atomic mass is 10.3. The van der Waals surface area contributed by atoms with Crippen molar-refractivity contribution in [3.63, 3.8) is 0 Å². The molecule has 3 nitrogen and oxygen atoms in total. The second kappa shape index (κ2) is 4.40. The predicted molar refractivity (Wildman–Crippen MR) is 62.9 cm³/mol. The van der Waals surface area contributed by atoms with Gasteiger partial charge in [0.1, 0.15) is 17.9 Å². The van der Waals surface area contributed by atoms with Crippen LogP contribution in [0.2, 0.25) is 0 Å². The Morgan fingerprint density at radius 3 is 3.13 bits per heavy atom. The Kier molecular flexibility index (Phi) is 2.97. The third-order valence-corrected chi connectivity index (χ3v) is 2.30. The maximum Gasteiger partial charge on any atom is 0.149 e. The van der Waals surface area contributed by atoms with Gasteiger partial charge in [-0.2, -0.15) is 0 Å². The fraction of sp³-hybridized carbons (Fsp3) is 0.0909. The molecule has 0 N–H and O–H groups in total. The summed E-state index contributed by atoms with van der Waals surface area (Å²) in [5, 5.41) is 0. The van der Waals surface area contributed by atoms with Gasteiger partial charge in [0, 0.05) is 22.9 Å². The Labute approximate surface area is 95.9 Å². The van der Waals surface area contributed by atoms with Crippen molar-refractivity contribution in [2.45, 2.75) is 0 Å². The summed E-state index contributed by atoms with van der Waals surface area (Å²) in [7, 11) is 0. The molecule has 2 rings (SSSR count). The highest BCUT2D eigenvalue weighted by Crippen LogP contribution is 2.23. The molecule has 0 saturated carbocycles. The molecular weight excluding hydrogens is 256 g/mol. The lowest BCUT2D eigenvalue weighted by molar-refractivity contribution is 0.366. The topological polar surface area (TPSA) is 35.0 Å². The normalized spacial score (nSPS) is 10.2. The zero-order valence-electron chi connectivity index (χ0n) is 7.98. The number of nitrogens with zero attached hydrogens (tertiary/aromatic N) is 2. The molecule has 0 unspecified atom stereocenters. The molecule has 2 aromatic heterocycles. The maximum atomic E-state index is 5.47. The molecule has 0 aliphatic heterocycles. The molecule has 76 valence electrons. The molecule has 0 atom stereocenters. The first kappa shape index (κ1) is 10.1. The van der Waals surface area contributed by atoms with E-state index in [1.54, 1.807) is 24.5 Å². The van der Waals surface area contributed by atoms with E-state index in [1.165, 1.54) is 0 Å². The van der Waals surface area contributed by atoms with Crippen molar-refractivity contribution < 1.29 is 4.74 Å². The number of halogens is 1. The summed E-state index contributed by atoms with van der Waals surface area (Å²) >= 11 is 3.35. The Morgan fingerprint density at radius 1 is 1.47 bits per heavy atom. The summed E-state index contributed by atoms with van der Waals surface area (Å²) in [4.78, 5) is 8.48. The highest BCUT2D eigenvalue weighted by atomic mass is 79.9. The first-order chi connectivity index (χ1) is 7.31. The third kappa shape index (κ3) is 2.15. The van der Waals surface area contributed by atoms with E-state index in [1.807, 2.05) is 6.07 Å². The van der Waals surface area contributed by atoms with Gasteiger partial charge in [0.2, 0.25) is 0 Å². The lowest BCUT2D eigenvalue weighted by Crippen LogP contribution is -1.95. The van der Waals surface area contributed by atoms with Crippen molar-refractivity contribution in [3.05, 3.63) is 41.7 Å². The average Bonchev–Trinajstić information content (AvgIpc) is 2.25. The van der Waals surface area contributed by atoms with Crippen LogP contribution in [-0.2, 0) is 0 Å². The van der Waals surface area contributed by atoms with Crippen LogP contribution in [0.15, 0.2) is 41.7 Å². The highest BCUT2D eigenvalue weighted by Gasteiger charge is 2.03. The second-order valence-corrected chi connectivity index (χ2v) is 3.85. The van der Waals surface area contributed by atoms with Crippen LogP contribution in [0, 0.1) is 0 Å². The van der Waals surface area contributed by atoms with Crippen LogP contribution in [0.25, 0.3) is 11.0 Å². The van der Waals surface area contributed by atoms with Crippen LogP contribution in [0.5, 0.6) is 5.75 Å². The molecule has 0 radical (unpaired) electrons. The molecule has 4 heteroatoms.